The maximum atomic E-state index is 13.2. The minimum absolute atomic E-state index is 0.0904. The van der Waals surface area contributed by atoms with Crippen LogP contribution in [0, 0.1) is 12.7 Å². The molecule has 94 valence electrons. The molecule has 0 saturated heterocycles. The number of benzene rings is 1. The summed E-state index contributed by atoms with van der Waals surface area (Å²) >= 11 is 0. The summed E-state index contributed by atoms with van der Waals surface area (Å²) < 4.78 is 18.4. The molecule has 0 fully saturated rings. The highest BCUT2D eigenvalue weighted by Crippen LogP contribution is 2.15. The van der Waals surface area contributed by atoms with Crippen molar-refractivity contribution in [3.8, 4) is 5.75 Å². The van der Waals surface area contributed by atoms with Gasteiger partial charge >= 0.3 is 0 Å². The highest BCUT2D eigenvalue weighted by Gasteiger charge is 2.07. The van der Waals surface area contributed by atoms with Crippen molar-refractivity contribution in [2.45, 2.75) is 33.2 Å². The fourth-order valence-electron chi connectivity index (χ4n) is 1.23. The van der Waals surface area contributed by atoms with Gasteiger partial charge in [0, 0.05) is 12.1 Å². The average Bonchev–Trinajstić information content (AvgIpc) is 2.30. The lowest BCUT2D eigenvalue weighted by atomic mass is 10.2. The lowest BCUT2D eigenvalue weighted by Gasteiger charge is -2.12. The fraction of sp³-hybridized carbons (Fsp3) is 0.462. The van der Waals surface area contributed by atoms with Crippen LogP contribution in [0.25, 0.3) is 0 Å². The molecule has 1 amide bonds. The molecule has 1 aromatic carbocycles. The third-order valence-corrected chi connectivity index (χ3v) is 2.53. The molecule has 3 nitrogen and oxygen atoms in total. The van der Waals surface area contributed by atoms with Crippen molar-refractivity contribution in [3.63, 3.8) is 0 Å². The average molecular weight is 239 g/mol. The second kappa shape index (κ2) is 6.23. The quantitative estimate of drug-likeness (QED) is 0.857. The lowest BCUT2D eigenvalue weighted by molar-refractivity contribution is -0.123. The maximum Gasteiger partial charge on any atom is 0.258 e. The molecule has 0 aliphatic rings. The van der Waals surface area contributed by atoms with Crippen LogP contribution in [0.2, 0.25) is 0 Å². The van der Waals surface area contributed by atoms with E-state index in [0.29, 0.717) is 11.3 Å². The molecule has 1 unspecified atom stereocenters. The lowest BCUT2D eigenvalue weighted by Crippen LogP contribution is -2.35. The predicted molar refractivity (Wildman–Crippen MR) is 64.5 cm³/mol. The minimum Gasteiger partial charge on any atom is -0.484 e. The normalized spacial score (nSPS) is 12.0. The Labute approximate surface area is 101 Å². The van der Waals surface area contributed by atoms with Crippen molar-refractivity contribution < 1.29 is 13.9 Å². The Kier molecular flexibility index (Phi) is 4.94. The highest BCUT2D eigenvalue weighted by atomic mass is 19.1. The molecule has 1 aromatic rings. The van der Waals surface area contributed by atoms with Crippen LogP contribution in [0.5, 0.6) is 5.75 Å². The van der Waals surface area contributed by atoms with E-state index in [0.717, 1.165) is 6.42 Å². The largest absolute Gasteiger partial charge is 0.484 e. The number of aryl methyl sites for hydroxylation is 1. The second-order valence-corrected chi connectivity index (χ2v) is 4.08. The number of halogens is 1. The van der Waals surface area contributed by atoms with E-state index in [-0.39, 0.29) is 24.4 Å². The first-order valence-electron chi connectivity index (χ1n) is 5.71. The van der Waals surface area contributed by atoms with Gasteiger partial charge < -0.3 is 10.1 Å². The zero-order valence-electron chi connectivity index (χ0n) is 10.4. The van der Waals surface area contributed by atoms with Gasteiger partial charge in [-0.1, -0.05) is 13.0 Å². The van der Waals surface area contributed by atoms with Crippen LogP contribution >= 0.6 is 0 Å². The smallest absolute Gasteiger partial charge is 0.258 e. The van der Waals surface area contributed by atoms with Crippen LogP contribution in [0.3, 0.4) is 0 Å². The SMILES string of the molecule is CCC(C)NC(=O)COc1ccc(C)c(F)c1. The van der Waals surface area contributed by atoms with E-state index in [9.17, 15) is 9.18 Å². The highest BCUT2D eigenvalue weighted by molar-refractivity contribution is 5.77. The van der Waals surface area contributed by atoms with Gasteiger partial charge in [0.25, 0.3) is 5.91 Å². The third-order valence-electron chi connectivity index (χ3n) is 2.53. The number of carbonyl (C=O) groups excluding carboxylic acids is 1. The zero-order valence-corrected chi connectivity index (χ0v) is 10.4. The molecule has 0 aliphatic carbocycles. The molecule has 0 aromatic heterocycles. The summed E-state index contributed by atoms with van der Waals surface area (Å²) in [6.45, 7) is 5.49. The molecule has 17 heavy (non-hydrogen) atoms. The van der Waals surface area contributed by atoms with Gasteiger partial charge in [-0.15, -0.1) is 0 Å². The number of carbonyl (C=O) groups is 1. The molecule has 0 heterocycles. The van der Waals surface area contributed by atoms with E-state index in [1.807, 2.05) is 13.8 Å². The zero-order chi connectivity index (χ0) is 12.8. The summed E-state index contributed by atoms with van der Waals surface area (Å²) in [7, 11) is 0. The Bertz CT molecular complexity index is 393. The number of amides is 1. The van der Waals surface area contributed by atoms with Gasteiger partial charge in [0.05, 0.1) is 0 Å². The van der Waals surface area contributed by atoms with Crippen LogP contribution in [-0.4, -0.2) is 18.6 Å². The monoisotopic (exact) mass is 239 g/mol. The number of nitrogens with one attached hydrogen (secondary N) is 1. The molecule has 4 heteroatoms. The number of ether oxygens (including phenoxy) is 1. The molecule has 0 saturated carbocycles. The molecular weight excluding hydrogens is 221 g/mol. The molecule has 0 spiro atoms. The molecular formula is C13H18FNO2. The standard InChI is InChI=1S/C13H18FNO2/c1-4-10(3)15-13(16)8-17-11-6-5-9(2)12(14)7-11/h5-7,10H,4,8H2,1-3H3,(H,15,16). The minimum atomic E-state index is -0.329. The van der Waals surface area contributed by atoms with Crippen molar-refractivity contribution in [2.75, 3.05) is 6.61 Å². The van der Waals surface area contributed by atoms with Crippen molar-refractivity contribution in [3.05, 3.63) is 29.6 Å². The van der Waals surface area contributed by atoms with Gasteiger partial charge in [0.15, 0.2) is 6.61 Å². The van der Waals surface area contributed by atoms with Gasteiger partial charge in [-0.3, -0.25) is 4.79 Å². The Balaban J connectivity index is 2.45. The van der Waals surface area contributed by atoms with Crippen LogP contribution < -0.4 is 10.1 Å². The van der Waals surface area contributed by atoms with Gasteiger partial charge in [-0.2, -0.15) is 0 Å². The Morgan fingerprint density at radius 3 is 2.82 bits per heavy atom. The Hall–Kier alpha value is -1.58. The third kappa shape index (κ3) is 4.43. The first-order valence-corrected chi connectivity index (χ1v) is 5.71. The van der Waals surface area contributed by atoms with Crippen molar-refractivity contribution in [1.82, 2.24) is 5.32 Å². The maximum absolute atomic E-state index is 13.2. The number of hydrogen-bond acceptors (Lipinski definition) is 2. The van der Waals surface area contributed by atoms with E-state index in [1.165, 1.54) is 6.07 Å². The summed E-state index contributed by atoms with van der Waals surface area (Å²) in [6.07, 6.45) is 0.866. The molecule has 0 radical (unpaired) electrons. The summed E-state index contributed by atoms with van der Waals surface area (Å²) in [5, 5.41) is 2.77. The van der Waals surface area contributed by atoms with E-state index < -0.39 is 0 Å². The van der Waals surface area contributed by atoms with Crippen molar-refractivity contribution in [1.29, 1.82) is 0 Å². The Morgan fingerprint density at radius 1 is 1.53 bits per heavy atom. The van der Waals surface area contributed by atoms with Gasteiger partial charge in [0.2, 0.25) is 0 Å². The second-order valence-electron chi connectivity index (χ2n) is 4.08. The van der Waals surface area contributed by atoms with E-state index >= 15 is 0 Å². The van der Waals surface area contributed by atoms with Crippen LogP contribution in [0.1, 0.15) is 25.8 Å². The molecule has 0 aliphatic heterocycles. The first kappa shape index (κ1) is 13.5. The van der Waals surface area contributed by atoms with Crippen LogP contribution in [0.4, 0.5) is 4.39 Å². The summed E-state index contributed by atoms with van der Waals surface area (Å²) in [4.78, 5) is 11.4. The molecule has 0 bridgehead atoms. The van der Waals surface area contributed by atoms with E-state index in [4.69, 9.17) is 4.74 Å². The molecule has 1 rings (SSSR count). The van der Waals surface area contributed by atoms with Gasteiger partial charge in [-0.25, -0.2) is 4.39 Å². The van der Waals surface area contributed by atoms with E-state index in [1.54, 1.807) is 19.1 Å². The van der Waals surface area contributed by atoms with Crippen molar-refractivity contribution in [2.24, 2.45) is 0 Å². The topological polar surface area (TPSA) is 38.3 Å². The fourth-order valence-corrected chi connectivity index (χ4v) is 1.23. The van der Waals surface area contributed by atoms with Crippen LogP contribution in [-0.2, 0) is 4.79 Å². The van der Waals surface area contributed by atoms with E-state index in [2.05, 4.69) is 5.32 Å². The summed E-state index contributed by atoms with van der Waals surface area (Å²) in [5.41, 5.74) is 0.557. The predicted octanol–water partition coefficient (Wildman–Crippen LogP) is 2.43. The first-order chi connectivity index (χ1) is 8.02. The van der Waals surface area contributed by atoms with Gasteiger partial charge in [0.1, 0.15) is 11.6 Å². The molecule has 1 atom stereocenters. The molecule has 1 N–H and O–H groups in total. The summed E-state index contributed by atoms with van der Waals surface area (Å²) in [6, 6.07) is 4.68. The Morgan fingerprint density at radius 2 is 2.24 bits per heavy atom. The summed E-state index contributed by atoms with van der Waals surface area (Å²) in [5.74, 6) is -0.155. The van der Waals surface area contributed by atoms with Gasteiger partial charge in [-0.05, 0) is 31.9 Å². The van der Waals surface area contributed by atoms with Crippen LogP contribution in [0.15, 0.2) is 18.2 Å². The van der Waals surface area contributed by atoms with Crippen molar-refractivity contribution >= 4 is 5.91 Å². The number of rotatable bonds is 5. The number of hydrogen-bond donors (Lipinski definition) is 1.